The van der Waals surface area contributed by atoms with E-state index in [0.717, 1.165) is 22.2 Å². The predicted molar refractivity (Wildman–Crippen MR) is 116 cm³/mol. The van der Waals surface area contributed by atoms with Crippen LogP contribution in [0.5, 0.6) is 0 Å². The number of amides is 1. The van der Waals surface area contributed by atoms with Crippen molar-refractivity contribution in [2.75, 3.05) is 5.32 Å². The molecule has 0 saturated heterocycles. The molecule has 0 radical (unpaired) electrons. The Morgan fingerprint density at radius 3 is 2.33 bits per heavy atom. The van der Waals surface area contributed by atoms with Crippen molar-refractivity contribution < 1.29 is 14.3 Å². The molecule has 4 aromatic rings. The molecule has 0 aliphatic rings. The van der Waals surface area contributed by atoms with Crippen LogP contribution in [0.25, 0.3) is 21.8 Å². The standard InChI is InChI=1S/C24H21N3O3/c1-14-15(2)26-22-13-19(9-11-21(22)25-14)24(29)30-16(3)23(28)27-20-10-8-17-6-4-5-7-18(17)12-20/h4-13,16H,1-3H3,(H,27,28)/t16-/m1/s1. The van der Waals surface area contributed by atoms with E-state index in [1.54, 1.807) is 25.1 Å². The minimum atomic E-state index is -0.953. The number of rotatable bonds is 4. The smallest absolute Gasteiger partial charge is 0.338 e. The van der Waals surface area contributed by atoms with Crippen LogP contribution in [0.15, 0.2) is 60.7 Å². The van der Waals surface area contributed by atoms with Gasteiger partial charge in [-0.05, 0) is 61.9 Å². The molecule has 0 aliphatic heterocycles. The number of esters is 1. The summed E-state index contributed by atoms with van der Waals surface area (Å²) in [5.74, 6) is -0.983. The SMILES string of the molecule is Cc1nc2ccc(C(=O)O[C@H](C)C(=O)Nc3ccc4ccccc4c3)cc2nc1C. The molecule has 0 aliphatic carbocycles. The highest BCUT2D eigenvalue weighted by Gasteiger charge is 2.20. The van der Waals surface area contributed by atoms with Gasteiger partial charge in [-0.1, -0.05) is 30.3 Å². The molecule has 30 heavy (non-hydrogen) atoms. The number of ether oxygens (including phenoxy) is 1. The fourth-order valence-electron chi connectivity index (χ4n) is 3.15. The van der Waals surface area contributed by atoms with Crippen LogP contribution >= 0.6 is 0 Å². The lowest BCUT2D eigenvalue weighted by atomic mass is 10.1. The van der Waals surface area contributed by atoms with Gasteiger partial charge in [0.1, 0.15) is 0 Å². The average molecular weight is 399 g/mol. The van der Waals surface area contributed by atoms with Crippen molar-refractivity contribution in [1.29, 1.82) is 0 Å². The first kappa shape index (κ1) is 19.5. The normalized spacial score (nSPS) is 12.0. The van der Waals surface area contributed by atoms with E-state index >= 15 is 0 Å². The van der Waals surface area contributed by atoms with Gasteiger partial charge in [0.2, 0.25) is 0 Å². The summed E-state index contributed by atoms with van der Waals surface area (Å²) in [7, 11) is 0. The minimum Gasteiger partial charge on any atom is -0.449 e. The first-order valence-electron chi connectivity index (χ1n) is 9.66. The molecular weight excluding hydrogens is 378 g/mol. The molecule has 6 nitrogen and oxygen atoms in total. The van der Waals surface area contributed by atoms with Gasteiger partial charge in [0.25, 0.3) is 5.91 Å². The zero-order valence-corrected chi connectivity index (χ0v) is 17.0. The fourth-order valence-corrected chi connectivity index (χ4v) is 3.15. The van der Waals surface area contributed by atoms with E-state index in [9.17, 15) is 9.59 Å². The molecule has 150 valence electrons. The van der Waals surface area contributed by atoms with Crippen molar-refractivity contribution in [1.82, 2.24) is 9.97 Å². The zero-order chi connectivity index (χ0) is 21.3. The number of fused-ring (bicyclic) bond motifs is 2. The van der Waals surface area contributed by atoms with Crippen molar-refractivity contribution in [3.63, 3.8) is 0 Å². The number of aromatic nitrogens is 2. The number of carbonyl (C=O) groups excluding carboxylic acids is 2. The molecule has 4 rings (SSSR count). The van der Waals surface area contributed by atoms with Crippen molar-refractivity contribution in [2.45, 2.75) is 26.9 Å². The molecule has 6 heteroatoms. The summed E-state index contributed by atoms with van der Waals surface area (Å²) in [6.45, 7) is 5.30. The summed E-state index contributed by atoms with van der Waals surface area (Å²) in [5.41, 5.74) is 3.93. The summed E-state index contributed by atoms with van der Waals surface area (Å²) < 4.78 is 5.36. The van der Waals surface area contributed by atoms with E-state index in [0.29, 0.717) is 22.3 Å². The van der Waals surface area contributed by atoms with Gasteiger partial charge in [0, 0.05) is 5.69 Å². The number of nitrogens with zero attached hydrogens (tertiary/aromatic N) is 2. The molecule has 0 bridgehead atoms. The average Bonchev–Trinajstić information content (AvgIpc) is 2.74. The number of hydrogen-bond acceptors (Lipinski definition) is 5. The summed E-state index contributed by atoms with van der Waals surface area (Å²) >= 11 is 0. The van der Waals surface area contributed by atoms with Crippen LogP contribution in [0.1, 0.15) is 28.7 Å². The van der Waals surface area contributed by atoms with Crippen LogP contribution in [0.2, 0.25) is 0 Å². The second kappa shape index (κ2) is 7.91. The highest BCUT2D eigenvalue weighted by molar-refractivity contribution is 5.99. The number of anilines is 1. The van der Waals surface area contributed by atoms with Crippen LogP contribution in [0.4, 0.5) is 5.69 Å². The maximum atomic E-state index is 12.5. The highest BCUT2D eigenvalue weighted by Crippen LogP contribution is 2.20. The molecule has 0 saturated carbocycles. The van der Waals surface area contributed by atoms with Crippen molar-refractivity contribution in [3.05, 3.63) is 77.6 Å². The van der Waals surface area contributed by atoms with E-state index in [2.05, 4.69) is 15.3 Å². The number of hydrogen-bond donors (Lipinski definition) is 1. The summed E-state index contributed by atoms with van der Waals surface area (Å²) in [6, 6.07) is 18.5. The van der Waals surface area contributed by atoms with Crippen LogP contribution in [-0.2, 0) is 9.53 Å². The van der Waals surface area contributed by atoms with Crippen LogP contribution in [-0.4, -0.2) is 27.9 Å². The zero-order valence-electron chi connectivity index (χ0n) is 17.0. The second-order valence-corrected chi connectivity index (χ2v) is 7.20. The van der Waals surface area contributed by atoms with Crippen LogP contribution < -0.4 is 5.32 Å². The summed E-state index contributed by atoms with van der Waals surface area (Å²) in [5, 5.41) is 4.90. The topological polar surface area (TPSA) is 81.2 Å². The summed E-state index contributed by atoms with van der Waals surface area (Å²) in [4.78, 5) is 33.9. The molecular formula is C24H21N3O3. The maximum absolute atomic E-state index is 12.5. The molecule has 1 aromatic heterocycles. The largest absolute Gasteiger partial charge is 0.449 e. The Labute approximate surface area is 173 Å². The van der Waals surface area contributed by atoms with Gasteiger partial charge >= 0.3 is 5.97 Å². The second-order valence-electron chi connectivity index (χ2n) is 7.20. The van der Waals surface area contributed by atoms with Crippen molar-refractivity contribution >= 4 is 39.4 Å². The number of benzene rings is 3. The number of nitrogens with one attached hydrogen (secondary N) is 1. The predicted octanol–water partition coefficient (Wildman–Crippen LogP) is 4.58. The van der Waals surface area contributed by atoms with Gasteiger partial charge in [-0.2, -0.15) is 0 Å². The quantitative estimate of drug-likeness (QED) is 0.508. The van der Waals surface area contributed by atoms with E-state index in [1.807, 2.05) is 56.3 Å². The lowest BCUT2D eigenvalue weighted by molar-refractivity contribution is -0.123. The summed E-state index contributed by atoms with van der Waals surface area (Å²) in [6.07, 6.45) is -0.953. The first-order chi connectivity index (χ1) is 14.4. The van der Waals surface area contributed by atoms with E-state index in [4.69, 9.17) is 4.74 Å². The van der Waals surface area contributed by atoms with Gasteiger partial charge in [-0.3, -0.25) is 4.79 Å². The van der Waals surface area contributed by atoms with Crippen LogP contribution in [0.3, 0.4) is 0 Å². The molecule has 0 unspecified atom stereocenters. The van der Waals surface area contributed by atoms with Crippen molar-refractivity contribution in [3.8, 4) is 0 Å². The molecule has 1 amide bonds. The number of carbonyl (C=O) groups is 2. The Balaban J connectivity index is 1.46. The third-order valence-corrected chi connectivity index (χ3v) is 4.98. The van der Waals surface area contributed by atoms with Crippen molar-refractivity contribution in [2.24, 2.45) is 0 Å². The minimum absolute atomic E-state index is 0.324. The van der Waals surface area contributed by atoms with Gasteiger partial charge < -0.3 is 10.1 Å². The Hall–Kier alpha value is -3.80. The Morgan fingerprint density at radius 1 is 0.867 bits per heavy atom. The van der Waals surface area contributed by atoms with E-state index in [-0.39, 0.29) is 0 Å². The fraction of sp³-hybridized carbons (Fsp3) is 0.167. The monoisotopic (exact) mass is 399 g/mol. The Morgan fingerprint density at radius 2 is 1.57 bits per heavy atom. The first-order valence-corrected chi connectivity index (χ1v) is 9.66. The molecule has 1 heterocycles. The Kier molecular flexibility index (Phi) is 5.14. The van der Waals surface area contributed by atoms with E-state index in [1.165, 1.54) is 0 Å². The van der Waals surface area contributed by atoms with Gasteiger partial charge in [0.05, 0.1) is 28.0 Å². The maximum Gasteiger partial charge on any atom is 0.338 e. The number of aryl methyl sites for hydroxylation is 2. The van der Waals surface area contributed by atoms with E-state index < -0.39 is 18.0 Å². The third-order valence-electron chi connectivity index (χ3n) is 4.98. The molecule has 0 spiro atoms. The highest BCUT2D eigenvalue weighted by atomic mass is 16.5. The van der Waals surface area contributed by atoms with Gasteiger partial charge in [-0.25, -0.2) is 14.8 Å². The Bertz CT molecular complexity index is 1280. The molecule has 0 fully saturated rings. The lowest BCUT2D eigenvalue weighted by Gasteiger charge is -2.14. The van der Waals surface area contributed by atoms with Gasteiger partial charge in [-0.15, -0.1) is 0 Å². The molecule has 1 atom stereocenters. The molecule has 3 aromatic carbocycles. The van der Waals surface area contributed by atoms with Gasteiger partial charge in [0.15, 0.2) is 6.10 Å². The molecule has 1 N–H and O–H groups in total. The third kappa shape index (κ3) is 3.98. The lowest BCUT2D eigenvalue weighted by Crippen LogP contribution is -2.30. The van der Waals surface area contributed by atoms with Crippen LogP contribution in [0, 0.1) is 13.8 Å².